The Morgan fingerprint density at radius 2 is 0.482 bits per heavy atom. The first-order chi connectivity index (χ1) is 41.0. The van der Waals surface area contributed by atoms with Crippen molar-refractivity contribution in [3.05, 3.63) is 170 Å². The highest BCUT2D eigenvalue weighted by Crippen LogP contribution is 2.15. The molecule has 0 aromatic heterocycles. The van der Waals surface area contributed by atoms with E-state index in [1.165, 1.54) is 103 Å². The average Bonchev–Trinajstić information content (AvgIpc) is 3.50. The van der Waals surface area contributed by atoms with Crippen molar-refractivity contribution in [3.8, 4) is 0 Å². The third-order valence-electron chi connectivity index (χ3n) is 13.7. The van der Waals surface area contributed by atoms with E-state index in [1.807, 2.05) is 0 Å². The molecule has 0 spiro atoms. The molecule has 0 aromatic rings. The van der Waals surface area contributed by atoms with Crippen molar-refractivity contribution in [3.63, 3.8) is 0 Å². The fourth-order valence-electron chi connectivity index (χ4n) is 8.72. The lowest BCUT2D eigenvalue weighted by Gasteiger charge is -2.18. The Balaban J connectivity index is 4.50. The summed E-state index contributed by atoms with van der Waals surface area (Å²) in [5.74, 6) is -1.03. The van der Waals surface area contributed by atoms with Gasteiger partial charge in [0.15, 0.2) is 6.10 Å². The van der Waals surface area contributed by atoms with Crippen molar-refractivity contribution in [1.82, 2.24) is 0 Å². The summed E-state index contributed by atoms with van der Waals surface area (Å²) in [6.07, 6.45) is 102. The highest BCUT2D eigenvalue weighted by molar-refractivity contribution is 5.71. The molecule has 0 amide bonds. The zero-order valence-corrected chi connectivity index (χ0v) is 53.4. The fraction of sp³-hybridized carbons (Fsp3) is 0.597. The van der Waals surface area contributed by atoms with Crippen molar-refractivity contribution < 1.29 is 28.6 Å². The smallest absolute Gasteiger partial charge is 0.306 e. The van der Waals surface area contributed by atoms with Gasteiger partial charge in [0.2, 0.25) is 0 Å². The quantitative estimate of drug-likeness (QED) is 0.0261. The molecule has 1 unspecified atom stereocenters. The normalized spacial score (nSPS) is 13.2. The summed E-state index contributed by atoms with van der Waals surface area (Å²) in [6.45, 7) is 6.32. The van der Waals surface area contributed by atoms with Gasteiger partial charge >= 0.3 is 17.9 Å². The van der Waals surface area contributed by atoms with E-state index in [0.29, 0.717) is 19.3 Å². The molecule has 0 aliphatic carbocycles. The van der Waals surface area contributed by atoms with E-state index < -0.39 is 6.10 Å². The summed E-state index contributed by atoms with van der Waals surface area (Å²) in [5, 5.41) is 0. The van der Waals surface area contributed by atoms with Crippen LogP contribution in [0.25, 0.3) is 0 Å². The maximum atomic E-state index is 12.9. The minimum absolute atomic E-state index is 0.122. The first kappa shape index (κ1) is 77.8. The second-order valence-corrected chi connectivity index (χ2v) is 21.6. The zero-order valence-electron chi connectivity index (χ0n) is 53.4. The van der Waals surface area contributed by atoms with Crippen LogP contribution in [0.4, 0.5) is 0 Å². The fourth-order valence-corrected chi connectivity index (χ4v) is 8.72. The van der Waals surface area contributed by atoms with Crippen LogP contribution in [0.3, 0.4) is 0 Å². The van der Waals surface area contributed by atoms with Crippen molar-refractivity contribution >= 4 is 17.9 Å². The molecule has 0 aliphatic rings. The number of carbonyl (C=O) groups excluding carboxylic acids is 3. The molecule has 1 atom stereocenters. The Morgan fingerprint density at radius 1 is 0.253 bits per heavy atom. The summed E-state index contributed by atoms with van der Waals surface area (Å²) < 4.78 is 16.9. The Kier molecular flexibility index (Phi) is 64.9. The number of carbonyl (C=O) groups is 3. The highest BCUT2D eigenvalue weighted by atomic mass is 16.6. The third kappa shape index (κ3) is 67.4. The Labute approximate surface area is 511 Å². The van der Waals surface area contributed by atoms with E-state index in [2.05, 4.69) is 191 Å². The summed E-state index contributed by atoms with van der Waals surface area (Å²) >= 11 is 0. The summed E-state index contributed by atoms with van der Waals surface area (Å²) in [5.41, 5.74) is 0. The second-order valence-electron chi connectivity index (χ2n) is 21.6. The molecule has 0 fully saturated rings. The molecule has 6 heteroatoms. The largest absolute Gasteiger partial charge is 0.462 e. The van der Waals surface area contributed by atoms with E-state index in [-0.39, 0.29) is 44.0 Å². The van der Waals surface area contributed by atoms with Gasteiger partial charge in [0.1, 0.15) is 13.2 Å². The molecule has 0 aromatic carbocycles. The summed E-state index contributed by atoms with van der Waals surface area (Å²) in [6, 6.07) is 0. The maximum Gasteiger partial charge on any atom is 0.306 e. The van der Waals surface area contributed by atoms with E-state index in [0.717, 1.165) is 122 Å². The van der Waals surface area contributed by atoms with Crippen molar-refractivity contribution in [2.75, 3.05) is 13.2 Å². The van der Waals surface area contributed by atoms with Crippen LogP contribution in [0.15, 0.2) is 170 Å². The van der Waals surface area contributed by atoms with Crippen LogP contribution in [0.2, 0.25) is 0 Å². The molecule has 0 radical (unpaired) electrons. The number of esters is 3. The monoisotopic (exact) mass is 1140 g/mol. The molecule has 6 nitrogen and oxygen atoms in total. The first-order valence-corrected chi connectivity index (χ1v) is 33.6. The summed E-state index contributed by atoms with van der Waals surface area (Å²) in [4.78, 5) is 38.4. The van der Waals surface area contributed by atoms with E-state index in [4.69, 9.17) is 14.2 Å². The number of hydrogen-bond acceptors (Lipinski definition) is 6. The van der Waals surface area contributed by atoms with Crippen LogP contribution >= 0.6 is 0 Å². The SMILES string of the molecule is CC/C=C\C/C=C\C/C=C\C/C=C\C/C=C\C/C=C\CCCCC(=O)OC(COC(=O)CCC/C=C\C/C=C\C/C=C\C/C=C\C/C=C\CC)COC(=O)CCCCCCCCCCCCCC/C=C\C/C=C\C/C=C\CCCCCCC. The molecule has 0 saturated carbocycles. The van der Waals surface area contributed by atoms with Crippen molar-refractivity contribution in [2.24, 2.45) is 0 Å². The van der Waals surface area contributed by atoms with Gasteiger partial charge in [0.25, 0.3) is 0 Å². The Bertz CT molecular complexity index is 1890. The van der Waals surface area contributed by atoms with E-state index >= 15 is 0 Å². The number of hydrogen-bond donors (Lipinski definition) is 0. The van der Waals surface area contributed by atoms with Gasteiger partial charge in [-0.3, -0.25) is 14.4 Å². The molecule has 0 bridgehead atoms. The molecule has 0 heterocycles. The lowest BCUT2D eigenvalue weighted by Crippen LogP contribution is -2.30. The molecule has 0 aliphatic heterocycles. The van der Waals surface area contributed by atoms with Gasteiger partial charge in [0, 0.05) is 19.3 Å². The van der Waals surface area contributed by atoms with Gasteiger partial charge in [-0.1, -0.05) is 281 Å². The molecule has 0 N–H and O–H groups in total. The van der Waals surface area contributed by atoms with Gasteiger partial charge < -0.3 is 14.2 Å². The van der Waals surface area contributed by atoms with Gasteiger partial charge in [-0.05, 0) is 148 Å². The van der Waals surface area contributed by atoms with Gasteiger partial charge in [0.05, 0.1) is 0 Å². The van der Waals surface area contributed by atoms with Crippen LogP contribution in [-0.4, -0.2) is 37.2 Å². The molecular weight excluding hydrogens is 1020 g/mol. The zero-order chi connectivity index (χ0) is 59.9. The van der Waals surface area contributed by atoms with Crippen molar-refractivity contribution in [1.29, 1.82) is 0 Å². The minimum atomic E-state index is -0.836. The van der Waals surface area contributed by atoms with E-state index in [1.54, 1.807) is 0 Å². The maximum absolute atomic E-state index is 12.9. The number of allylic oxidation sites excluding steroid dienone is 28. The Hall–Kier alpha value is -5.23. The number of unbranched alkanes of at least 4 members (excludes halogenated alkanes) is 20. The molecular formula is C77H122O6. The van der Waals surface area contributed by atoms with Crippen LogP contribution in [0.1, 0.15) is 278 Å². The van der Waals surface area contributed by atoms with Crippen LogP contribution < -0.4 is 0 Å². The Morgan fingerprint density at radius 3 is 0.807 bits per heavy atom. The van der Waals surface area contributed by atoms with Gasteiger partial charge in [-0.15, -0.1) is 0 Å². The topological polar surface area (TPSA) is 78.9 Å². The van der Waals surface area contributed by atoms with Gasteiger partial charge in [-0.25, -0.2) is 0 Å². The number of ether oxygens (including phenoxy) is 3. The molecule has 0 saturated heterocycles. The lowest BCUT2D eigenvalue weighted by molar-refractivity contribution is -0.167. The van der Waals surface area contributed by atoms with Gasteiger partial charge in [-0.2, -0.15) is 0 Å². The first-order valence-electron chi connectivity index (χ1n) is 33.6. The lowest BCUT2D eigenvalue weighted by atomic mass is 10.0. The minimum Gasteiger partial charge on any atom is -0.462 e. The summed E-state index contributed by atoms with van der Waals surface area (Å²) in [7, 11) is 0. The van der Waals surface area contributed by atoms with Crippen LogP contribution in [0, 0.1) is 0 Å². The van der Waals surface area contributed by atoms with Crippen LogP contribution in [0.5, 0.6) is 0 Å². The third-order valence-corrected chi connectivity index (χ3v) is 13.7. The molecule has 0 rings (SSSR count). The number of rotatable bonds is 59. The van der Waals surface area contributed by atoms with Crippen LogP contribution in [-0.2, 0) is 28.6 Å². The van der Waals surface area contributed by atoms with Crippen molar-refractivity contribution in [2.45, 2.75) is 284 Å². The predicted octanol–water partition coefficient (Wildman–Crippen LogP) is 23.4. The molecule has 466 valence electrons. The predicted molar refractivity (Wildman–Crippen MR) is 361 cm³/mol. The highest BCUT2D eigenvalue weighted by Gasteiger charge is 2.19. The van der Waals surface area contributed by atoms with E-state index in [9.17, 15) is 14.4 Å². The second kappa shape index (κ2) is 69.3. The molecule has 83 heavy (non-hydrogen) atoms. The standard InChI is InChI=1S/C77H122O6/c1-4-7-10-13-16-19-22-25-28-31-33-35-36-37-38-39-40-42-43-46-49-52-55-58-61-64-67-70-76(79)82-73-74(72-81-75(78)69-66-63-60-57-54-51-48-45-30-27-24-21-18-15-12-9-6-3)83-77(80)71-68-65-62-59-56-53-50-47-44-41-34-32-29-26-23-20-17-14-11-8-5-2/h8-9,11-12,17-18,20-22,25-27,29-31,33-34,36-37,41,47-48,50-51,56-57,59-60,74H,4-7,10,13-16,19,23-24,28,32,35,38-40,42-46,49,52-55,58,61-73H2,1-3H3/b11-8-,12-9-,20-17-,21-18-,25-22-,29-26-,30-27-,33-31-,37-36-,41-34-,50-47-,51-48-,59-56-,60-57-. The average molecular weight is 1140 g/mol.